The lowest BCUT2D eigenvalue weighted by Gasteiger charge is -2.31. The van der Waals surface area contributed by atoms with E-state index in [1.54, 1.807) is 0 Å². The molecule has 0 spiro atoms. The molecule has 0 aliphatic carbocycles. The summed E-state index contributed by atoms with van der Waals surface area (Å²) in [4.78, 5) is 18.1. The van der Waals surface area contributed by atoms with Gasteiger partial charge in [-0.05, 0) is 14.0 Å². The van der Waals surface area contributed by atoms with Crippen molar-refractivity contribution in [1.29, 1.82) is 0 Å². The van der Waals surface area contributed by atoms with Gasteiger partial charge in [0.1, 0.15) is 18.4 Å². The Morgan fingerprint density at radius 3 is 2.52 bits per heavy atom. The average molecular weight is 335 g/mol. The molecule has 8 heteroatoms. The van der Waals surface area contributed by atoms with Crippen LogP contribution in [0.2, 0.25) is 0 Å². The SMILES string of the molecule is CNCCN(CCNOCCC(C)=O)CC(O)C[N+](C)(C)CO. The van der Waals surface area contributed by atoms with Crippen LogP contribution in [-0.4, -0.2) is 105 Å². The largest absolute Gasteiger partial charge is 0.386 e. The molecular weight excluding hydrogens is 300 g/mol. The van der Waals surface area contributed by atoms with Gasteiger partial charge in [-0.1, -0.05) is 0 Å². The molecule has 0 saturated heterocycles. The molecule has 0 aromatic rings. The third kappa shape index (κ3) is 13.5. The molecule has 1 atom stereocenters. The van der Waals surface area contributed by atoms with Crippen molar-refractivity contribution in [2.24, 2.45) is 0 Å². The summed E-state index contributed by atoms with van der Waals surface area (Å²) in [6.07, 6.45) is -0.101. The molecule has 0 aromatic heterocycles. The molecule has 0 radical (unpaired) electrons. The first kappa shape index (κ1) is 22.4. The molecule has 0 aromatic carbocycles. The maximum absolute atomic E-state index is 10.8. The highest BCUT2D eigenvalue weighted by molar-refractivity contribution is 5.75. The minimum Gasteiger partial charge on any atom is -0.386 e. The van der Waals surface area contributed by atoms with E-state index in [2.05, 4.69) is 15.7 Å². The topological polar surface area (TPSA) is 94.1 Å². The zero-order chi connectivity index (χ0) is 17.7. The number of nitrogens with one attached hydrogen (secondary N) is 2. The van der Waals surface area contributed by atoms with Gasteiger partial charge in [0.25, 0.3) is 0 Å². The normalized spacial score (nSPS) is 13.5. The third-order valence-electron chi connectivity index (χ3n) is 3.42. The number of carbonyl (C=O) groups excluding carboxylic acids is 1. The number of nitrogens with zero attached hydrogens (tertiary/aromatic N) is 2. The third-order valence-corrected chi connectivity index (χ3v) is 3.42. The van der Waals surface area contributed by atoms with E-state index in [-0.39, 0.29) is 12.5 Å². The van der Waals surface area contributed by atoms with Crippen LogP contribution in [0.4, 0.5) is 0 Å². The van der Waals surface area contributed by atoms with Crippen molar-refractivity contribution in [3.8, 4) is 0 Å². The number of hydroxylamine groups is 1. The number of quaternary nitrogens is 1. The van der Waals surface area contributed by atoms with Crippen LogP contribution < -0.4 is 10.8 Å². The molecule has 0 bridgehead atoms. The predicted octanol–water partition coefficient (Wildman–Crippen LogP) is -1.60. The number of aliphatic hydroxyl groups excluding tert-OH is 2. The first-order valence-corrected chi connectivity index (χ1v) is 8.12. The van der Waals surface area contributed by atoms with Crippen molar-refractivity contribution in [2.45, 2.75) is 19.4 Å². The molecule has 23 heavy (non-hydrogen) atoms. The Hall–Kier alpha value is -0.610. The Morgan fingerprint density at radius 2 is 1.96 bits per heavy atom. The van der Waals surface area contributed by atoms with Gasteiger partial charge in [0, 0.05) is 39.1 Å². The Labute approximate surface area is 139 Å². The highest BCUT2D eigenvalue weighted by Crippen LogP contribution is 2.00. The van der Waals surface area contributed by atoms with Gasteiger partial charge >= 0.3 is 0 Å². The minimum atomic E-state index is -0.507. The van der Waals surface area contributed by atoms with E-state index in [0.717, 1.165) is 19.6 Å². The summed E-state index contributed by atoms with van der Waals surface area (Å²) in [5.41, 5.74) is 2.84. The minimum absolute atomic E-state index is 0.000873. The van der Waals surface area contributed by atoms with Gasteiger partial charge in [0.2, 0.25) is 0 Å². The quantitative estimate of drug-likeness (QED) is 0.124. The number of likely N-dealkylation sites (N-methyl/N-ethyl adjacent to an activating group) is 2. The van der Waals surface area contributed by atoms with Gasteiger partial charge in [-0.2, -0.15) is 0 Å². The first-order chi connectivity index (χ1) is 10.8. The van der Waals surface area contributed by atoms with Crippen LogP contribution >= 0.6 is 0 Å². The highest BCUT2D eigenvalue weighted by atomic mass is 16.6. The fourth-order valence-corrected chi connectivity index (χ4v) is 2.09. The summed E-state index contributed by atoms with van der Waals surface area (Å²) in [5.74, 6) is 0.107. The Balaban J connectivity index is 4.07. The van der Waals surface area contributed by atoms with Crippen LogP contribution in [0.15, 0.2) is 0 Å². The van der Waals surface area contributed by atoms with Crippen molar-refractivity contribution in [3.05, 3.63) is 0 Å². The number of ketones is 1. The average Bonchev–Trinajstić information content (AvgIpc) is 2.47. The summed E-state index contributed by atoms with van der Waals surface area (Å²) in [5, 5.41) is 22.6. The van der Waals surface area contributed by atoms with Gasteiger partial charge in [-0.25, -0.2) is 5.48 Å². The van der Waals surface area contributed by atoms with Crippen LogP contribution in [0, 0.1) is 0 Å². The molecule has 1 unspecified atom stereocenters. The van der Waals surface area contributed by atoms with E-state index in [0.29, 0.717) is 37.1 Å². The summed E-state index contributed by atoms with van der Waals surface area (Å²) in [7, 11) is 5.65. The van der Waals surface area contributed by atoms with E-state index in [9.17, 15) is 15.0 Å². The zero-order valence-corrected chi connectivity index (χ0v) is 15.0. The maximum Gasteiger partial charge on any atom is 0.179 e. The van der Waals surface area contributed by atoms with E-state index >= 15 is 0 Å². The second kappa shape index (κ2) is 12.8. The van der Waals surface area contributed by atoms with Gasteiger partial charge in [-0.3, -0.25) is 9.69 Å². The summed E-state index contributed by atoms with van der Waals surface area (Å²) < 4.78 is 0.368. The van der Waals surface area contributed by atoms with Crippen molar-refractivity contribution in [2.75, 3.05) is 73.7 Å². The Kier molecular flexibility index (Phi) is 12.4. The van der Waals surface area contributed by atoms with Crippen molar-refractivity contribution >= 4 is 5.78 Å². The molecule has 0 aliphatic heterocycles. The van der Waals surface area contributed by atoms with E-state index in [1.165, 1.54) is 6.92 Å². The van der Waals surface area contributed by atoms with Crippen molar-refractivity contribution in [3.63, 3.8) is 0 Å². The monoisotopic (exact) mass is 335 g/mol. The number of hydrogen-bond acceptors (Lipinski definition) is 7. The molecular formula is C15H35N4O4+. The molecule has 8 nitrogen and oxygen atoms in total. The maximum atomic E-state index is 10.8. The number of aliphatic hydroxyl groups is 2. The van der Waals surface area contributed by atoms with Crippen molar-refractivity contribution < 1.29 is 24.3 Å². The summed E-state index contributed by atoms with van der Waals surface area (Å²) in [6.45, 7) is 5.93. The lowest BCUT2D eigenvalue weighted by atomic mass is 10.2. The summed E-state index contributed by atoms with van der Waals surface area (Å²) in [6, 6.07) is 0. The smallest absolute Gasteiger partial charge is 0.179 e. The molecule has 0 rings (SSSR count). The predicted molar refractivity (Wildman–Crippen MR) is 89.7 cm³/mol. The zero-order valence-electron chi connectivity index (χ0n) is 15.0. The molecule has 138 valence electrons. The number of rotatable bonds is 15. The van der Waals surface area contributed by atoms with Gasteiger partial charge in [-0.15, -0.1) is 0 Å². The number of Topliss-reactive ketones (excluding diaryl/α,β-unsaturated/α-hetero) is 1. The van der Waals surface area contributed by atoms with Gasteiger partial charge < -0.3 is 24.9 Å². The summed E-state index contributed by atoms with van der Waals surface area (Å²) >= 11 is 0. The molecule has 4 N–H and O–H groups in total. The number of hydrogen-bond donors (Lipinski definition) is 4. The molecule has 0 fully saturated rings. The van der Waals surface area contributed by atoms with Crippen LogP contribution in [0.1, 0.15) is 13.3 Å². The van der Waals surface area contributed by atoms with Crippen molar-refractivity contribution in [1.82, 2.24) is 15.7 Å². The fourth-order valence-electron chi connectivity index (χ4n) is 2.09. The molecule has 0 heterocycles. The van der Waals surface area contributed by atoms with E-state index in [1.807, 2.05) is 21.1 Å². The van der Waals surface area contributed by atoms with Crippen LogP contribution in [0.25, 0.3) is 0 Å². The second-order valence-corrected chi connectivity index (χ2v) is 6.51. The number of carbonyl (C=O) groups is 1. The van der Waals surface area contributed by atoms with Crippen LogP contribution in [-0.2, 0) is 9.63 Å². The Bertz CT molecular complexity index is 316. The lowest BCUT2D eigenvalue weighted by Crippen LogP contribution is -2.50. The first-order valence-electron chi connectivity index (χ1n) is 8.12. The Morgan fingerprint density at radius 1 is 1.30 bits per heavy atom. The van der Waals surface area contributed by atoms with E-state index < -0.39 is 6.10 Å². The van der Waals surface area contributed by atoms with Gasteiger partial charge in [0.05, 0.1) is 20.7 Å². The molecule has 0 aliphatic rings. The lowest BCUT2D eigenvalue weighted by molar-refractivity contribution is -0.911. The van der Waals surface area contributed by atoms with Gasteiger partial charge in [0.15, 0.2) is 6.73 Å². The molecule has 0 saturated carbocycles. The van der Waals surface area contributed by atoms with Crippen LogP contribution in [0.3, 0.4) is 0 Å². The fraction of sp³-hybridized carbons (Fsp3) is 0.933. The van der Waals surface area contributed by atoms with E-state index in [4.69, 9.17) is 4.84 Å². The standard InChI is InChI=1S/C15H35N4O4/c1-14(21)5-10-23-17-7-9-18(8-6-16-2)11-15(22)12-19(3,4)13-20/h15-17,20,22H,5-13H2,1-4H3/q+1. The highest BCUT2D eigenvalue weighted by Gasteiger charge is 2.21. The second-order valence-electron chi connectivity index (χ2n) is 6.51. The van der Waals surface area contributed by atoms with Crippen LogP contribution in [0.5, 0.6) is 0 Å². The molecule has 0 amide bonds.